The van der Waals surface area contributed by atoms with Crippen molar-refractivity contribution in [2.45, 2.75) is 26.4 Å². The quantitative estimate of drug-likeness (QED) is 0.826. The first kappa shape index (κ1) is 13.9. The van der Waals surface area contributed by atoms with Crippen LogP contribution in [-0.4, -0.2) is 0 Å². The fourth-order valence-corrected chi connectivity index (χ4v) is 2.44. The number of nitrogens with two attached hydrogens (primary N) is 1. The standard InChI is InChI=1S/C16H18BrNO/c1-11(2)14-5-3-4-6-16(14)19-10-12-7-8-13(18)9-15(12)17/h3-9,11H,10,18H2,1-2H3. The van der Waals surface area contributed by atoms with E-state index in [0.29, 0.717) is 12.5 Å². The molecule has 2 aromatic rings. The van der Waals surface area contributed by atoms with Crippen molar-refractivity contribution in [2.24, 2.45) is 0 Å². The molecular formula is C16H18BrNO. The van der Waals surface area contributed by atoms with Gasteiger partial charge in [0, 0.05) is 15.7 Å². The summed E-state index contributed by atoms with van der Waals surface area (Å²) in [5, 5.41) is 0. The largest absolute Gasteiger partial charge is 0.489 e. The fourth-order valence-electron chi connectivity index (χ4n) is 1.93. The van der Waals surface area contributed by atoms with Crippen LogP contribution in [0.4, 0.5) is 5.69 Å². The predicted octanol–water partition coefficient (Wildman–Crippen LogP) is 4.73. The van der Waals surface area contributed by atoms with Crippen LogP contribution in [0, 0.1) is 0 Å². The third kappa shape index (κ3) is 3.51. The zero-order valence-electron chi connectivity index (χ0n) is 11.2. The summed E-state index contributed by atoms with van der Waals surface area (Å²) in [7, 11) is 0. The van der Waals surface area contributed by atoms with Crippen LogP contribution < -0.4 is 10.5 Å². The molecule has 100 valence electrons. The van der Waals surface area contributed by atoms with Crippen molar-refractivity contribution >= 4 is 21.6 Å². The van der Waals surface area contributed by atoms with Crippen LogP contribution in [0.5, 0.6) is 5.75 Å². The van der Waals surface area contributed by atoms with Crippen molar-refractivity contribution in [3.63, 3.8) is 0 Å². The van der Waals surface area contributed by atoms with Gasteiger partial charge in [0.25, 0.3) is 0 Å². The van der Waals surface area contributed by atoms with Gasteiger partial charge in [-0.25, -0.2) is 0 Å². The zero-order valence-corrected chi connectivity index (χ0v) is 12.8. The Morgan fingerprint density at radius 2 is 1.89 bits per heavy atom. The molecule has 0 aliphatic rings. The minimum absolute atomic E-state index is 0.450. The summed E-state index contributed by atoms with van der Waals surface area (Å²) < 4.78 is 6.92. The van der Waals surface area contributed by atoms with E-state index in [-0.39, 0.29) is 0 Å². The summed E-state index contributed by atoms with van der Waals surface area (Å²) in [4.78, 5) is 0. The minimum Gasteiger partial charge on any atom is -0.489 e. The molecule has 2 rings (SSSR count). The highest BCUT2D eigenvalue weighted by molar-refractivity contribution is 9.10. The van der Waals surface area contributed by atoms with E-state index in [4.69, 9.17) is 10.5 Å². The first-order valence-electron chi connectivity index (χ1n) is 6.33. The Balaban J connectivity index is 2.14. The molecule has 0 radical (unpaired) electrons. The smallest absolute Gasteiger partial charge is 0.123 e. The summed E-state index contributed by atoms with van der Waals surface area (Å²) >= 11 is 3.51. The Labute approximate surface area is 122 Å². The molecule has 0 spiro atoms. The van der Waals surface area contributed by atoms with Gasteiger partial charge >= 0.3 is 0 Å². The van der Waals surface area contributed by atoms with Crippen LogP contribution in [0.15, 0.2) is 46.9 Å². The van der Waals surface area contributed by atoms with E-state index in [1.807, 2.05) is 36.4 Å². The number of para-hydroxylation sites is 1. The van der Waals surface area contributed by atoms with E-state index in [1.165, 1.54) is 5.56 Å². The molecule has 0 fully saturated rings. The average Bonchev–Trinajstić information content (AvgIpc) is 2.38. The highest BCUT2D eigenvalue weighted by Gasteiger charge is 2.08. The molecule has 0 amide bonds. The van der Waals surface area contributed by atoms with E-state index < -0.39 is 0 Å². The second-order valence-electron chi connectivity index (χ2n) is 4.83. The Bertz CT molecular complexity index is 566. The van der Waals surface area contributed by atoms with Gasteiger partial charge in [-0.3, -0.25) is 0 Å². The minimum atomic E-state index is 0.450. The Morgan fingerprint density at radius 1 is 1.16 bits per heavy atom. The van der Waals surface area contributed by atoms with Gasteiger partial charge in [0.05, 0.1) is 0 Å². The van der Waals surface area contributed by atoms with Gasteiger partial charge in [0.2, 0.25) is 0 Å². The van der Waals surface area contributed by atoms with Crippen LogP contribution in [0.1, 0.15) is 30.9 Å². The molecule has 0 aliphatic heterocycles. The molecule has 0 atom stereocenters. The number of benzene rings is 2. The molecule has 3 heteroatoms. The Morgan fingerprint density at radius 3 is 2.58 bits per heavy atom. The molecular weight excluding hydrogens is 302 g/mol. The van der Waals surface area contributed by atoms with E-state index in [1.54, 1.807) is 0 Å². The van der Waals surface area contributed by atoms with Gasteiger partial charge in [0.15, 0.2) is 0 Å². The van der Waals surface area contributed by atoms with Crippen molar-refractivity contribution in [1.29, 1.82) is 0 Å². The summed E-state index contributed by atoms with van der Waals surface area (Å²) in [6.07, 6.45) is 0. The first-order chi connectivity index (χ1) is 9.08. The number of nitrogen functional groups attached to an aromatic ring is 1. The van der Waals surface area contributed by atoms with Crippen molar-refractivity contribution in [2.75, 3.05) is 5.73 Å². The zero-order chi connectivity index (χ0) is 13.8. The molecule has 0 unspecified atom stereocenters. The SMILES string of the molecule is CC(C)c1ccccc1OCc1ccc(N)cc1Br. The Hall–Kier alpha value is -1.48. The maximum Gasteiger partial charge on any atom is 0.123 e. The Kier molecular flexibility index (Phi) is 4.48. The molecule has 0 saturated heterocycles. The lowest BCUT2D eigenvalue weighted by atomic mass is 10.0. The number of rotatable bonds is 4. The van der Waals surface area contributed by atoms with Crippen molar-refractivity contribution in [3.05, 3.63) is 58.1 Å². The monoisotopic (exact) mass is 319 g/mol. The van der Waals surface area contributed by atoms with E-state index in [2.05, 4.69) is 35.8 Å². The lowest BCUT2D eigenvalue weighted by molar-refractivity contribution is 0.301. The third-order valence-electron chi connectivity index (χ3n) is 3.00. The number of hydrogen-bond donors (Lipinski definition) is 1. The lowest BCUT2D eigenvalue weighted by Crippen LogP contribution is -2.00. The average molecular weight is 320 g/mol. The molecule has 0 heterocycles. The topological polar surface area (TPSA) is 35.2 Å². The lowest BCUT2D eigenvalue weighted by Gasteiger charge is -2.14. The van der Waals surface area contributed by atoms with Crippen LogP contribution in [0.2, 0.25) is 0 Å². The molecule has 0 aliphatic carbocycles. The highest BCUT2D eigenvalue weighted by atomic mass is 79.9. The van der Waals surface area contributed by atoms with Crippen molar-refractivity contribution < 1.29 is 4.74 Å². The summed E-state index contributed by atoms with van der Waals surface area (Å²) in [6.45, 7) is 4.87. The molecule has 0 saturated carbocycles. The number of halogens is 1. The molecule has 2 aromatic carbocycles. The summed E-state index contributed by atoms with van der Waals surface area (Å²) in [6, 6.07) is 13.9. The van der Waals surface area contributed by atoms with Gasteiger partial charge in [-0.1, -0.05) is 54.0 Å². The summed E-state index contributed by atoms with van der Waals surface area (Å²) in [5.74, 6) is 1.40. The first-order valence-corrected chi connectivity index (χ1v) is 7.13. The van der Waals surface area contributed by atoms with E-state index in [9.17, 15) is 0 Å². The van der Waals surface area contributed by atoms with E-state index in [0.717, 1.165) is 21.5 Å². The fraction of sp³-hybridized carbons (Fsp3) is 0.250. The van der Waals surface area contributed by atoms with Crippen LogP contribution in [0.3, 0.4) is 0 Å². The molecule has 19 heavy (non-hydrogen) atoms. The van der Waals surface area contributed by atoms with Crippen molar-refractivity contribution in [3.8, 4) is 5.75 Å². The third-order valence-corrected chi connectivity index (χ3v) is 3.74. The number of hydrogen-bond acceptors (Lipinski definition) is 2. The van der Waals surface area contributed by atoms with Crippen LogP contribution in [0.25, 0.3) is 0 Å². The number of ether oxygens (including phenoxy) is 1. The molecule has 0 bridgehead atoms. The van der Waals surface area contributed by atoms with Crippen molar-refractivity contribution in [1.82, 2.24) is 0 Å². The maximum atomic E-state index is 5.93. The molecule has 2 nitrogen and oxygen atoms in total. The maximum absolute atomic E-state index is 5.93. The second kappa shape index (κ2) is 6.11. The van der Waals surface area contributed by atoms with Gasteiger partial charge < -0.3 is 10.5 Å². The van der Waals surface area contributed by atoms with Gasteiger partial charge in [-0.15, -0.1) is 0 Å². The van der Waals surface area contributed by atoms with Gasteiger partial charge in [0.1, 0.15) is 12.4 Å². The normalized spacial score (nSPS) is 10.7. The van der Waals surface area contributed by atoms with Crippen LogP contribution in [-0.2, 0) is 6.61 Å². The summed E-state index contributed by atoms with van der Waals surface area (Å²) in [5.41, 5.74) is 8.80. The highest BCUT2D eigenvalue weighted by Crippen LogP contribution is 2.28. The molecule has 2 N–H and O–H groups in total. The van der Waals surface area contributed by atoms with Crippen LogP contribution >= 0.6 is 15.9 Å². The number of anilines is 1. The van der Waals surface area contributed by atoms with Gasteiger partial charge in [-0.2, -0.15) is 0 Å². The molecule has 0 aromatic heterocycles. The van der Waals surface area contributed by atoms with E-state index >= 15 is 0 Å². The predicted molar refractivity (Wildman–Crippen MR) is 83.4 cm³/mol. The van der Waals surface area contributed by atoms with Gasteiger partial charge in [-0.05, 0) is 29.7 Å². The second-order valence-corrected chi connectivity index (χ2v) is 5.69.